The van der Waals surface area contributed by atoms with Crippen molar-refractivity contribution >= 4 is 27.3 Å². The number of hydrogen-bond acceptors (Lipinski definition) is 7. The Labute approximate surface area is 140 Å². The summed E-state index contributed by atoms with van der Waals surface area (Å²) in [6, 6.07) is 4.69. The van der Waals surface area contributed by atoms with Crippen LogP contribution in [0.15, 0.2) is 39.4 Å². The maximum atomic E-state index is 12.5. The van der Waals surface area contributed by atoms with Gasteiger partial charge in [0.15, 0.2) is 17.6 Å². The van der Waals surface area contributed by atoms with E-state index in [0.29, 0.717) is 32.0 Å². The third-order valence-corrected chi connectivity index (χ3v) is 5.42. The van der Waals surface area contributed by atoms with Crippen LogP contribution in [0.25, 0.3) is 0 Å². The lowest BCUT2D eigenvalue weighted by atomic mass is 10.1. The fourth-order valence-corrected chi connectivity index (χ4v) is 3.60. The molecular formula is C15H19N3O5S. The quantitative estimate of drug-likeness (QED) is 0.567. The number of carbonyl (C=O) groups excluding carboxylic acids is 2. The molecule has 0 amide bonds. The van der Waals surface area contributed by atoms with Crippen molar-refractivity contribution in [1.29, 1.82) is 0 Å². The molecule has 0 saturated carbocycles. The van der Waals surface area contributed by atoms with E-state index in [-0.39, 0.29) is 4.90 Å². The lowest BCUT2D eigenvalue weighted by Gasteiger charge is -2.26. The fourth-order valence-electron chi connectivity index (χ4n) is 2.19. The number of sulfonamides is 1. The predicted octanol–water partition coefficient (Wildman–Crippen LogP) is 1.34. The molecule has 0 radical (unpaired) electrons. The Kier molecular flexibility index (Phi) is 5.92. The molecule has 1 aliphatic rings. The van der Waals surface area contributed by atoms with Gasteiger partial charge in [0.2, 0.25) is 10.0 Å². The number of carbonyl (C=O) groups is 2. The highest BCUT2D eigenvalue weighted by atomic mass is 32.2. The normalized spacial score (nSPS) is 16.6. The number of azo groups is 1. The van der Waals surface area contributed by atoms with Crippen molar-refractivity contribution in [3.05, 3.63) is 24.3 Å². The molecule has 130 valence electrons. The molecule has 0 N–H and O–H groups in total. The highest BCUT2D eigenvalue weighted by Gasteiger charge is 2.26. The number of morpholine rings is 1. The Morgan fingerprint density at radius 1 is 1.08 bits per heavy atom. The largest absolute Gasteiger partial charge is 0.379 e. The minimum absolute atomic E-state index is 0.151. The van der Waals surface area contributed by atoms with E-state index in [1.54, 1.807) is 0 Å². The molecule has 8 nitrogen and oxygen atoms in total. The molecular weight excluding hydrogens is 334 g/mol. The number of nitrogens with zero attached hydrogens (tertiary/aromatic N) is 3. The van der Waals surface area contributed by atoms with Crippen LogP contribution >= 0.6 is 0 Å². The fraction of sp³-hybridized carbons (Fsp3) is 0.467. The van der Waals surface area contributed by atoms with Crippen molar-refractivity contribution in [3.63, 3.8) is 0 Å². The average Bonchev–Trinajstić information content (AvgIpc) is 2.55. The van der Waals surface area contributed by atoms with Crippen LogP contribution in [0.4, 0.5) is 5.69 Å². The molecule has 0 spiro atoms. The molecule has 1 aromatic carbocycles. The molecule has 0 aromatic heterocycles. The standard InChI is InChI=1S/C15H19N3O5S/c1-11(19)15(12(2)20)17-16-13-3-5-14(6-4-13)24(21,22)18-7-9-23-10-8-18/h3-6,15H,7-10H2,1-2H3. The van der Waals surface area contributed by atoms with Crippen LogP contribution in [0.5, 0.6) is 0 Å². The van der Waals surface area contributed by atoms with Gasteiger partial charge in [-0.2, -0.15) is 14.5 Å². The van der Waals surface area contributed by atoms with Gasteiger partial charge in [-0.15, -0.1) is 0 Å². The molecule has 1 aromatic rings. The summed E-state index contributed by atoms with van der Waals surface area (Å²) in [6.07, 6.45) is 0. The minimum atomic E-state index is -3.56. The van der Waals surface area contributed by atoms with Crippen LogP contribution in [-0.4, -0.2) is 56.6 Å². The topological polar surface area (TPSA) is 105 Å². The van der Waals surface area contributed by atoms with Crippen LogP contribution in [0.2, 0.25) is 0 Å². The van der Waals surface area contributed by atoms with E-state index < -0.39 is 27.6 Å². The van der Waals surface area contributed by atoms with Crippen molar-refractivity contribution in [2.24, 2.45) is 10.2 Å². The van der Waals surface area contributed by atoms with Gasteiger partial charge in [-0.25, -0.2) is 8.42 Å². The molecule has 0 aliphatic carbocycles. The molecule has 0 bridgehead atoms. The number of benzene rings is 1. The zero-order chi connectivity index (χ0) is 17.7. The SMILES string of the molecule is CC(=O)C(N=Nc1ccc(S(=O)(=O)N2CCOCC2)cc1)C(C)=O. The van der Waals surface area contributed by atoms with E-state index >= 15 is 0 Å². The van der Waals surface area contributed by atoms with Crippen molar-refractivity contribution in [2.45, 2.75) is 24.8 Å². The molecule has 0 atom stereocenters. The van der Waals surface area contributed by atoms with Crippen LogP contribution in [0, 0.1) is 0 Å². The molecule has 1 aliphatic heterocycles. The molecule has 24 heavy (non-hydrogen) atoms. The average molecular weight is 353 g/mol. The minimum Gasteiger partial charge on any atom is -0.379 e. The highest BCUT2D eigenvalue weighted by Crippen LogP contribution is 2.21. The highest BCUT2D eigenvalue weighted by molar-refractivity contribution is 7.89. The lowest BCUT2D eigenvalue weighted by Crippen LogP contribution is -2.40. The summed E-state index contributed by atoms with van der Waals surface area (Å²) in [5, 5.41) is 7.56. The number of ketones is 2. The summed E-state index contributed by atoms with van der Waals surface area (Å²) in [6.45, 7) is 3.93. The van der Waals surface area contributed by atoms with Gasteiger partial charge in [-0.1, -0.05) is 0 Å². The predicted molar refractivity (Wildman–Crippen MR) is 85.7 cm³/mol. The number of ether oxygens (including phenoxy) is 1. The first-order valence-electron chi connectivity index (χ1n) is 7.42. The summed E-state index contributed by atoms with van der Waals surface area (Å²) in [5.41, 5.74) is 0.364. The number of rotatable bonds is 6. The second-order valence-corrected chi connectivity index (χ2v) is 7.29. The van der Waals surface area contributed by atoms with Crippen molar-refractivity contribution in [3.8, 4) is 0 Å². The van der Waals surface area contributed by atoms with Crippen LogP contribution in [0.1, 0.15) is 13.8 Å². The van der Waals surface area contributed by atoms with Crippen LogP contribution in [0.3, 0.4) is 0 Å². The second-order valence-electron chi connectivity index (χ2n) is 5.35. The van der Waals surface area contributed by atoms with Gasteiger partial charge in [-0.3, -0.25) is 9.59 Å². The Morgan fingerprint density at radius 3 is 2.12 bits per heavy atom. The van der Waals surface area contributed by atoms with Crippen LogP contribution in [-0.2, 0) is 24.3 Å². The summed E-state index contributed by atoms with van der Waals surface area (Å²) in [4.78, 5) is 22.7. The zero-order valence-corrected chi connectivity index (χ0v) is 14.3. The summed E-state index contributed by atoms with van der Waals surface area (Å²) >= 11 is 0. The van der Waals surface area contributed by atoms with Crippen molar-refractivity contribution in [2.75, 3.05) is 26.3 Å². The Morgan fingerprint density at radius 2 is 1.62 bits per heavy atom. The number of hydrogen-bond donors (Lipinski definition) is 0. The molecule has 1 fully saturated rings. The first kappa shape index (κ1) is 18.4. The van der Waals surface area contributed by atoms with Gasteiger partial charge < -0.3 is 4.74 Å². The maximum Gasteiger partial charge on any atom is 0.243 e. The van der Waals surface area contributed by atoms with Crippen molar-refractivity contribution < 1.29 is 22.7 Å². The summed E-state index contributed by atoms with van der Waals surface area (Å²) in [5.74, 6) is -0.782. The van der Waals surface area contributed by atoms with E-state index in [2.05, 4.69) is 10.2 Å². The van der Waals surface area contributed by atoms with Gasteiger partial charge in [0, 0.05) is 13.1 Å². The second kappa shape index (κ2) is 7.73. The van der Waals surface area contributed by atoms with Gasteiger partial charge in [-0.05, 0) is 38.1 Å². The van der Waals surface area contributed by atoms with Crippen LogP contribution < -0.4 is 0 Å². The monoisotopic (exact) mass is 353 g/mol. The van der Waals surface area contributed by atoms with E-state index in [1.165, 1.54) is 42.4 Å². The smallest absolute Gasteiger partial charge is 0.243 e. The molecule has 2 rings (SSSR count). The first-order chi connectivity index (χ1) is 11.3. The van der Waals surface area contributed by atoms with Gasteiger partial charge >= 0.3 is 0 Å². The van der Waals surface area contributed by atoms with Gasteiger partial charge in [0.25, 0.3) is 0 Å². The Hall–Kier alpha value is -1.97. The van der Waals surface area contributed by atoms with E-state index in [0.717, 1.165) is 0 Å². The van der Waals surface area contributed by atoms with E-state index in [9.17, 15) is 18.0 Å². The molecule has 0 unspecified atom stereocenters. The maximum absolute atomic E-state index is 12.5. The molecule has 1 saturated heterocycles. The summed E-state index contributed by atoms with van der Waals surface area (Å²) < 4.78 is 31.5. The molecule has 1 heterocycles. The van der Waals surface area contributed by atoms with Gasteiger partial charge in [0.05, 0.1) is 23.8 Å². The lowest BCUT2D eigenvalue weighted by molar-refractivity contribution is -0.126. The molecule has 9 heteroatoms. The summed E-state index contributed by atoms with van der Waals surface area (Å²) in [7, 11) is -3.56. The zero-order valence-electron chi connectivity index (χ0n) is 13.5. The Balaban J connectivity index is 2.15. The van der Waals surface area contributed by atoms with E-state index in [4.69, 9.17) is 4.74 Å². The number of Topliss-reactive ketones (excluding diaryl/α,β-unsaturated/α-hetero) is 2. The third-order valence-electron chi connectivity index (χ3n) is 3.50. The van der Waals surface area contributed by atoms with E-state index in [1.807, 2.05) is 0 Å². The first-order valence-corrected chi connectivity index (χ1v) is 8.86. The van der Waals surface area contributed by atoms with Crippen molar-refractivity contribution in [1.82, 2.24) is 4.31 Å². The Bertz CT molecular complexity index is 723. The third kappa shape index (κ3) is 4.31. The van der Waals surface area contributed by atoms with Gasteiger partial charge in [0.1, 0.15) is 0 Å².